The van der Waals surface area contributed by atoms with E-state index in [9.17, 15) is 17.6 Å². The molecule has 1 aliphatic carbocycles. The maximum absolute atomic E-state index is 13.6. The van der Waals surface area contributed by atoms with Crippen molar-refractivity contribution in [2.24, 2.45) is 11.8 Å². The molecule has 1 aromatic carbocycles. The summed E-state index contributed by atoms with van der Waals surface area (Å²) in [6.07, 6.45) is 8.24. The Labute approximate surface area is 209 Å². The lowest BCUT2D eigenvalue weighted by molar-refractivity contribution is -0.146. The van der Waals surface area contributed by atoms with E-state index >= 15 is 0 Å². The molecule has 0 amide bonds. The molecule has 1 fully saturated rings. The van der Waals surface area contributed by atoms with Crippen LogP contribution in [0.15, 0.2) is 33.8 Å². The predicted octanol–water partition coefficient (Wildman–Crippen LogP) is 4.19. The fourth-order valence-electron chi connectivity index (χ4n) is 4.46. The summed E-state index contributed by atoms with van der Waals surface area (Å²) in [7, 11) is -2.94. The average Bonchev–Trinajstić information content (AvgIpc) is 3.23. The van der Waals surface area contributed by atoms with Crippen molar-refractivity contribution in [1.82, 2.24) is 19.3 Å². The first kappa shape index (κ1) is 26.7. The minimum absolute atomic E-state index is 0.00772. The molecular weight excluding hydrogens is 527 g/mol. The van der Waals surface area contributed by atoms with Gasteiger partial charge in [0.05, 0.1) is 17.7 Å². The van der Waals surface area contributed by atoms with E-state index in [0.29, 0.717) is 11.6 Å². The lowest BCUT2D eigenvalue weighted by Crippen LogP contribution is -2.49. The van der Waals surface area contributed by atoms with E-state index in [1.54, 1.807) is 13.8 Å². The van der Waals surface area contributed by atoms with Gasteiger partial charge in [0.1, 0.15) is 11.9 Å². The Morgan fingerprint density at radius 1 is 1.29 bits per heavy atom. The molecule has 0 unspecified atom stereocenters. The van der Waals surface area contributed by atoms with Crippen LogP contribution in [0.4, 0.5) is 4.39 Å². The number of nitrogens with zero attached hydrogens (tertiary/aromatic N) is 4. The van der Waals surface area contributed by atoms with Crippen LogP contribution in [0.1, 0.15) is 51.6 Å². The number of halogens is 2. The number of hydrogen-bond acceptors (Lipinski definition) is 6. The van der Waals surface area contributed by atoms with Gasteiger partial charge >= 0.3 is 5.97 Å². The van der Waals surface area contributed by atoms with Gasteiger partial charge in [-0.15, -0.1) is 5.10 Å². The molecule has 8 nitrogen and oxygen atoms in total. The van der Waals surface area contributed by atoms with Crippen molar-refractivity contribution >= 4 is 31.9 Å². The van der Waals surface area contributed by atoms with Gasteiger partial charge < -0.3 is 4.74 Å². The van der Waals surface area contributed by atoms with Crippen LogP contribution in [0.2, 0.25) is 0 Å². The van der Waals surface area contributed by atoms with E-state index in [0.717, 1.165) is 23.0 Å². The summed E-state index contributed by atoms with van der Waals surface area (Å²) in [6.45, 7) is 4.30. The highest BCUT2D eigenvalue weighted by atomic mass is 79.9. The third-order valence-corrected chi connectivity index (χ3v) is 9.07. The van der Waals surface area contributed by atoms with E-state index in [2.05, 4.69) is 26.2 Å². The van der Waals surface area contributed by atoms with Crippen LogP contribution in [0.5, 0.6) is 0 Å². The predicted molar refractivity (Wildman–Crippen MR) is 129 cm³/mol. The molecule has 0 saturated heterocycles. The Kier molecular flexibility index (Phi) is 9.22. The standard InChI is InChI=1S/C23H32BrFN4O4S/c1-16(2)22(23(30)33-3)29(34(31,32)21-10-9-18(25)13-20(21)24)12-11-19-15-28(27-26-19)14-17-7-5-4-6-8-17/h9-10,13,15-17,22H,4-8,11-12,14H2,1-3H3/t22-/m0/s1. The first-order chi connectivity index (χ1) is 16.1. The van der Waals surface area contributed by atoms with Crippen LogP contribution in [0.25, 0.3) is 0 Å². The molecule has 1 saturated carbocycles. The summed E-state index contributed by atoms with van der Waals surface area (Å²) in [6, 6.07) is 2.31. The first-order valence-electron chi connectivity index (χ1n) is 11.6. The highest BCUT2D eigenvalue weighted by Gasteiger charge is 2.39. The Bertz CT molecular complexity index is 1090. The smallest absolute Gasteiger partial charge is 0.324 e. The van der Waals surface area contributed by atoms with E-state index in [-0.39, 0.29) is 28.3 Å². The fraction of sp³-hybridized carbons (Fsp3) is 0.609. The second-order valence-corrected chi connectivity index (χ2v) is 11.8. The van der Waals surface area contributed by atoms with Gasteiger partial charge in [0.15, 0.2) is 0 Å². The topological polar surface area (TPSA) is 94.4 Å². The maximum Gasteiger partial charge on any atom is 0.324 e. The SMILES string of the molecule is COC(=O)[C@H](C(C)C)N(CCc1cn(CC2CCCCC2)nn1)S(=O)(=O)c1ccc(F)cc1Br. The van der Waals surface area contributed by atoms with Gasteiger partial charge in [0.25, 0.3) is 0 Å². The Morgan fingerprint density at radius 2 is 2.00 bits per heavy atom. The van der Waals surface area contributed by atoms with Crippen LogP contribution in [-0.2, 0) is 32.5 Å². The van der Waals surface area contributed by atoms with E-state index in [4.69, 9.17) is 4.74 Å². The summed E-state index contributed by atoms with van der Waals surface area (Å²) in [5, 5.41) is 8.44. The monoisotopic (exact) mass is 558 g/mol. The zero-order chi connectivity index (χ0) is 24.9. The summed E-state index contributed by atoms with van der Waals surface area (Å²) in [5.74, 6) is -0.998. The highest BCUT2D eigenvalue weighted by Crippen LogP contribution is 2.29. The molecule has 0 radical (unpaired) electrons. The largest absolute Gasteiger partial charge is 0.468 e. The minimum Gasteiger partial charge on any atom is -0.468 e. The number of methoxy groups -OCH3 is 1. The van der Waals surface area contributed by atoms with Crippen molar-refractivity contribution in [3.63, 3.8) is 0 Å². The molecule has 34 heavy (non-hydrogen) atoms. The van der Waals surface area contributed by atoms with Crippen LogP contribution in [0.3, 0.4) is 0 Å². The van der Waals surface area contributed by atoms with Crippen molar-refractivity contribution in [2.75, 3.05) is 13.7 Å². The van der Waals surface area contributed by atoms with Gasteiger partial charge in [0, 0.05) is 30.2 Å². The number of benzene rings is 1. The van der Waals surface area contributed by atoms with Crippen molar-refractivity contribution in [2.45, 2.75) is 69.9 Å². The number of sulfonamides is 1. The molecule has 11 heteroatoms. The van der Waals surface area contributed by atoms with Crippen LogP contribution >= 0.6 is 15.9 Å². The van der Waals surface area contributed by atoms with Crippen molar-refractivity contribution < 1.29 is 22.3 Å². The van der Waals surface area contributed by atoms with Gasteiger partial charge in [-0.2, -0.15) is 4.31 Å². The summed E-state index contributed by atoms with van der Waals surface area (Å²) in [4.78, 5) is 12.5. The van der Waals surface area contributed by atoms with E-state index < -0.39 is 27.9 Å². The average molecular weight is 560 g/mol. The number of hydrogen-bond donors (Lipinski definition) is 0. The number of aromatic nitrogens is 3. The second kappa shape index (κ2) is 11.7. The molecule has 2 aromatic rings. The minimum atomic E-state index is -4.17. The van der Waals surface area contributed by atoms with Gasteiger partial charge in [-0.1, -0.05) is 38.3 Å². The molecule has 0 N–H and O–H groups in total. The lowest BCUT2D eigenvalue weighted by Gasteiger charge is -2.31. The summed E-state index contributed by atoms with van der Waals surface area (Å²) in [5.41, 5.74) is 0.640. The molecule has 1 aliphatic rings. The van der Waals surface area contributed by atoms with Crippen molar-refractivity contribution in [3.05, 3.63) is 40.4 Å². The molecule has 0 spiro atoms. The fourth-order valence-corrected chi connectivity index (χ4v) is 7.19. The van der Waals surface area contributed by atoms with Crippen LogP contribution in [-0.4, -0.2) is 53.4 Å². The molecule has 1 aromatic heterocycles. The van der Waals surface area contributed by atoms with E-state index in [1.807, 2.05) is 10.9 Å². The number of rotatable bonds is 10. The van der Waals surface area contributed by atoms with E-state index in [1.165, 1.54) is 45.3 Å². The maximum atomic E-state index is 13.6. The van der Waals surface area contributed by atoms with Crippen LogP contribution < -0.4 is 0 Å². The highest BCUT2D eigenvalue weighted by molar-refractivity contribution is 9.10. The van der Waals surface area contributed by atoms with Crippen molar-refractivity contribution in [3.8, 4) is 0 Å². The molecular formula is C23H32BrFN4O4S. The van der Waals surface area contributed by atoms with Crippen molar-refractivity contribution in [1.29, 1.82) is 0 Å². The summed E-state index contributed by atoms with van der Waals surface area (Å²) < 4.78 is 48.9. The normalized spacial score (nSPS) is 16.2. The molecule has 0 bridgehead atoms. The lowest BCUT2D eigenvalue weighted by atomic mass is 9.89. The zero-order valence-corrected chi connectivity index (χ0v) is 22.2. The zero-order valence-electron chi connectivity index (χ0n) is 19.8. The Hall–Kier alpha value is -1.85. The van der Waals surface area contributed by atoms with Gasteiger partial charge in [-0.05, 0) is 58.8 Å². The van der Waals surface area contributed by atoms with Gasteiger partial charge in [-0.25, -0.2) is 12.8 Å². The quantitative estimate of drug-likeness (QED) is 0.406. The molecule has 0 aliphatic heterocycles. The summed E-state index contributed by atoms with van der Waals surface area (Å²) >= 11 is 3.15. The number of carbonyl (C=O) groups excluding carboxylic acids is 1. The molecule has 1 heterocycles. The first-order valence-corrected chi connectivity index (χ1v) is 13.8. The molecule has 1 atom stereocenters. The number of esters is 1. The van der Waals surface area contributed by atoms with Gasteiger partial charge in [-0.3, -0.25) is 9.48 Å². The third-order valence-electron chi connectivity index (χ3n) is 6.21. The third kappa shape index (κ3) is 6.42. The number of carbonyl (C=O) groups is 1. The second-order valence-electron chi connectivity index (χ2n) is 9.09. The Balaban J connectivity index is 1.85. The number of ether oxygens (including phenoxy) is 1. The van der Waals surface area contributed by atoms with Gasteiger partial charge in [0.2, 0.25) is 10.0 Å². The molecule has 3 rings (SSSR count). The Morgan fingerprint density at radius 3 is 2.62 bits per heavy atom. The van der Waals surface area contributed by atoms with Crippen LogP contribution in [0, 0.1) is 17.7 Å². The molecule has 188 valence electrons.